The quantitative estimate of drug-likeness (QED) is 0.610. The lowest BCUT2D eigenvalue weighted by molar-refractivity contribution is -0.385. The maximum Gasteiger partial charge on any atom is 0.321 e. The SMILES string of the molecule is Cc1c(C(=O)NCc2cccc(NC(=O)N3CCCC3)c2)cccc1[N+](=O)[O-]. The minimum atomic E-state index is -0.501. The highest BCUT2D eigenvalue weighted by molar-refractivity contribution is 5.96. The fraction of sp³-hybridized carbons (Fsp3) is 0.300. The Hall–Kier alpha value is -3.42. The van der Waals surface area contributed by atoms with Gasteiger partial charge in [-0.05, 0) is 43.5 Å². The molecular formula is C20H22N4O4. The summed E-state index contributed by atoms with van der Waals surface area (Å²) in [5.74, 6) is -0.382. The fourth-order valence-corrected chi connectivity index (χ4v) is 3.23. The van der Waals surface area contributed by atoms with E-state index in [0.717, 1.165) is 31.5 Å². The summed E-state index contributed by atoms with van der Waals surface area (Å²) >= 11 is 0. The number of amides is 3. The predicted octanol–water partition coefficient (Wildman–Crippen LogP) is 3.46. The van der Waals surface area contributed by atoms with Crippen molar-refractivity contribution in [1.82, 2.24) is 10.2 Å². The number of nitro groups is 1. The van der Waals surface area contributed by atoms with Crippen molar-refractivity contribution in [3.05, 3.63) is 69.3 Å². The summed E-state index contributed by atoms with van der Waals surface area (Å²) in [6.07, 6.45) is 2.05. The van der Waals surface area contributed by atoms with Crippen molar-refractivity contribution in [3.8, 4) is 0 Å². The summed E-state index contributed by atoms with van der Waals surface area (Å²) in [5.41, 5.74) is 1.99. The van der Waals surface area contributed by atoms with E-state index in [1.807, 2.05) is 6.07 Å². The highest BCUT2D eigenvalue weighted by Crippen LogP contribution is 2.21. The first-order chi connectivity index (χ1) is 13.5. The molecule has 2 N–H and O–H groups in total. The molecule has 0 spiro atoms. The summed E-state index contributed by atoms with van der Waals surface area (Å²) in [7, 11) is 0. The van der Waals surface area contributed by atoms with Crippen LogP contribution in [-0.2, 0) is 6.54 Å². The van der Waals surface area contributed by atoms with Crippen LogP contribution in [0.3, 0.4) is 0 Å². The van der Waals surface area contributed by atoms with Gasteiger partial charge in [-0.15, -0.1) is 0 Å². The van der Waals surface area contributed by atoms with E-state index < -0.39 is 4.92 Å². The van der Waals surface area contributed by atoms with Gasteiger partial charge in [-0.1, -0.05) is 18.2 Å². The molecule has 1 fully saturated rings. The molecule has 146 valence electrons. The first-order valence-electron chi connectivity index (χ1n) is 9.13. The van der Waals surface area contributed by atoms with E-state index in [0.29, 0.717) is 11.3 Å². The summed E-state index contributed by atoms with van der Waals surface area (Å²) < 4.78 is 0. The van der Waals surface area contributed by atoms with Gasteiger partial charge in [0, 0.05) is 42.5 Å². The van der Waals surface area contributed by atoms with Crippen LogP contribution in [0.4, 0.5) is 16.2 Å². The average Bonchev–Trinajstić information content (AvgIpc) is 3.21. The maximum atomic E-state index is 12.4. The average molecular weight is 382 g/mol. The van der Waals surface area contributed by atoms with E-state index in [-0.39, 0.29) is 29.7 Å². The van der Waals surface area contributed by atoms with E-state index in [2.05, 4.69) is 10.6 Å². The standard InChI is InChI=1S/C20H22N4O4/c1-14-17(8-5-9-18(14)24(27)28)19(25)21-13-15-6-4-7-16(12-15)22-20(26)23-10-2-3-11-23/h4-9,12H,2-3,10-11,13H2,1H3,(H,21,25)(H,22,26). The van der Waals surface area contributed by atoms with Crippen LogP contribution in [0, 0.1) is 17.0 Å². The Morgan fingerprint density at radius 1 is 1.14 bits per heavy atom. The zero-order valence-corrected chi connectivity index (χ0v) is 15.6. The number of likely N-dealkylation sites (tertiary alicyclic amines) is 1. The highest BCUT2D eigenvalue weighted by atomic mass is 16.6. The van der Waals surface area contributed by atoms with Gasteiger partial charge in [0.15, 0.2) is 0 Å². The smallest absolute Gasteiger partial charge is 0.321 e. The van der Waals surface area contributed by atoms with Crippen molar-refractivity contribution in [2.24, 2.45) is 0 Å². The number of hydrogen-bond acceptors (Lipinski definition) is 4. The number of anilines is 1. The molecule has 28 heavy (non-hydrogen) atoms. The zero-order valence-electron chi connectivity index (χ0n) is 15.6. The molecule has 8 nitrogen and oxygen atoms in total. The van der Waals surface area contributed by atoms with E-state index >= 15 is 0 Å². The Morgan fingerprint density at radius 2 is 1.86 bits per heavy atom. The van der Waals surface area contributed by atoms with Crippen LogP contribution in [0.15, 0.2) is 42.5 Å². The lowest BCUT2D eigenvalue weighted by Gasteiger charge is -2.16. The van der Waals surface area contributed by atoms with E-state index in [9.17, 15) is 19.7 Å². The minimum absolute atomic E-state index is 0.0840. The second-order valence-corrected chi connectivity index (χ2v) is 6.71. The molecule has 2 aromatic rings. The second-order valence-electron chi connectivity index (χ2n) is 6.71. The number of carbonyl (C=O) groups excluding carboxylic acids is 2. The largest absolute Gasteiger partial charge is 0.348 e. The van der Waals surface area contributed by atoms with Crippen LogP contribution >= 0.6 is 0 Å². The number of nitrogens with one attached hydrogen (secondary N) is 2. The number of nitrogens with zero attached hydrogens (tertiary/aromatic N) is 2. The van der Waals surface area contributed by atoms with E-state index in [1.165, 1.54) is 12.1 Å². The lowest BCUT2D eigenvalue weighted by Crippen LogP contribution is -2.32. The third-order valence-electron chi connectivity index (χ3n) is 4.77. The van der Waals surface area contributed by atoms with E-state index in [4.69, 9.17) is 0 Å². The van der Waals surface area contributed by atoms with Gasteiger partial charge < -0.3 is 15.5 Å². The summed E-state index contributed by atoms with van der Waals surface area (Å²) in [6.45, 7) is 3.34. The number of rotatable bonds is 5. The van der Waals surface area contributed by atoms with Crippen molar-refractivity contribution in [1.29, 1.82) is 0 Å². The van der Waals surface area contributed by atoms with Gasteiger partial charge in [-0.25, -0.2) is 4.79 Å². The van der Waals surface area contributed by atoms with Gasteiger partial charge in [0.2, 0.25) is 0 Å². The molecule has 0 bridgehead atoms. The van der Waals surface area contributed by atoms with Crippen LogP contribution in [0.25, 0.3) is 0 Å². The van der Waals surface area contributed by atoms with Crippen molar-refractivity contribution >= 4 is 23.3 Å². The third kappa shape index (κ3) is 4.46. The molecule has 0 aromatic heterocycles. The van der Waals surface area contributed by atoms with Crippen LogP contribution in [0.1, 0.15) is 34.3 Å². The first-order valence-corrected chi connectivity index (χ1v) is 9.13. The predicted molar refractivity (Wildman–Crippen MR) is 105 cm³/mol. The molecule has 0 unspecified atom stereocenters. The normalized spacial score (nSPS) is 13.2. The molecule has 8 heteroatoms. The summed E-state index contributed by atoms with van der Waals surface area (Å²) in [4.78, 5) is 36.9. The molecule has 1 saturated heterocycles. The Balaban J connectivity index is 1.63. The number of nitro benzene ring substituents is 1. The van der Waals surface area contributed by atoms with Crippen LogP contribution in [0.2, 0.25) is 0 Å². The van der Waals surface area contributed by atoms with Crippen LogP contribution in [0.5, 0.6) is 0 Å². The van der Waals surface area contributed by atoms with Gasteiger partial charge in [0.05, 0.1) is 4.92 Å². The molecule has 3 rings (SSSR count). The molecule has 0 saturated carbocycles. The van der Waals surface area contributed by atoms with Gasteiger partial charge in [0.25, 0.3) is 11.6 Å². The molecule has 3 amide bonds. The molecule has 0 radical (unpaired) electrons. The monoisotopic (exact) mass is 382 g/mol. The van der Waals surface area contributed by atoms with Crippen molar-refractivity contribution < 1.29 is 14.5 Å². The Labute approximate surface area is 162 Å². The fourth-order valence-electron chi connectivity index (χ4n) is 3.23. The number of hydrogen-bond donors (Lipinski definition) is 2. The topological polar surface area (TPSA) is 105 Å². The third-order valence-corrected chi connectivity index (χ3v) is 4.77. The zero-order chi connectivity index (χ0) is 20.1. The number of carbonyl (C=O) groups is 2. The molecule has 0 aliphatic carbocycles. The molecule has 1 aliphatic rings. The van der Waals surface area contributed by atoms with Gasteiger partial charge in [0.1, 0.15) is 0 Å². The Kier molecular flexibility index (Phi) is 5.88. The van der Waals surface area contributed by atoms with Crippen LogP contribution in [-0.4, -0.2) is 34.9 Å². The number of benzene rings is 2. The number of urea groups is 1. The van der Waals surface area contributed by atoms with Crippen molar-refractivity contribution in [2.45, 2.75) is 26.3 Å². The Morgan fingerprint density at radius 3 is 2.57 bits per heavy atom. The Bertz CT molecular complexity index is 907. The molecule has 0 atom stereocenters. The molecule has 2 aromatic carbocycles. The van der Waals surface area contributed by atoms with Gasteiger partial charge >= 0.3 is 6.03 Å². The van der Waals surface area contributed by atoms with Gasteiger partial charge in [-0.2, -0.15) is 0 Å². The summed E-state index contributed by atoms with van der Waals surface area (Å²) in [5, 5.41) is 16.7. The molecular weight excluding hydrogens is 360 g/mol. The summed E-state index contributed by atoms with van der Waals surface area (Å²) in [6, 6.07) is 11.5. The molecule has 1 aliphatic heterocycles. The lowest BCUT2D eigenvalue weighted by atomic mass is 10.1. The first kappa shape index (κ1) is 19.3. The van der Waals surface area contributed by atoms with Crippen molar-refractivity contribution in [3.63, 3.8) is 0 Å². The minimum Gasteiger partial charge on any atom is -0.348 e. The van der Waals surface area contributed by atoms with E-state index in [1.54, 1.807) is 36.1 Å². The van der Waals surface area contributed by atoms with Crippen molar-refractivity contribution in [2.75, 3.05) is 18.4 Å². The van der Waals surface area contributed by atoms with Crippen LogP contribution < -0.4 is 10.6 Å². The molecule has 1 heterocycles. The maximum absolute atomic E-state index is 12.4. The second kappa shape index (κ2) is 8.51. The van der Waals surface area contributed by atoms with Gasteiger partial charge in [-0.3, -0.25) is 14.9 Å². The highest BCUT2D eigenvalue weighted by Gasteiger charge is 2.19.